The van der Waals surface area contributed by atoms with Gasteiger partial charge in [-0.15, -0.1) is 0 Å². The molecule has 0 bridgehead atoms. The highest BCUT2D eigenvalue weighted by atomic mass is 32.2. The molecule has 0 aliphatic rings. The van der Waals surface area contributed by atoms with E-state index in [0.29, 0.717) is 16.8 Å². The monoisotopic (exact) mass is 362 g/mol. The molecule has 2 rings (SSSR count). The van der Waals surface area contributed by atoms with E-state index in [1.807, 2.05) is 19.1 Å². The van der Waals surface area contributed by atoms with E-state index in [1.165, 1.54) is 0 Å². The number of hydrogen-bond donors (Lipinski definition) is 3. The van der Waals surface area contributed by atoms with Gasteiger partial charge in [-0.05, 0) is 56.0 Å². The first-order valence-corrected chi connectivity index (χ1v) is 9.26. The zero-order valence-electron chi connectivity index (χ0n) is 14.4. The summed E-state index contributed by atoms with van der Waals surface area (Å²) in [5, 5.41) is 8.83. The van der Waals surface area contributed by atoms with Crippen molar-refractivity contribution in [2.75, 3.05) is 4.72 Å². The summed E-state index contributed by atoms with van der Waals surface area (Å²) in [6, 6.07) is 9.20. The van der Waals surface area contributed by atoms with Crippen LogP contribution in [0.25, 0.3) is 0 Å². The number of anilines is 1. The number of sulfonamides is 1. The third kappa shape index (κ3) is 4.58. The number of carboxylic acids is 1. The number of aliphatic carboxylic acids is 1. The average Bonchev–Trinajstić information content (AvgIpc) is 2.47. The van der Waals surface area contributed by atoms with Crippen LogP contribution in [0, 0.1) is 20.8 Å². The first kappa shape index (κ1) is 19.0. The van der Waals surface area contributed by atoms with E-state index in [0.717, 1.165) is 11.1 Å². The quantitative estimate of drug-likeness (QED) is 0.731. The minimum Gasteiger partial charge on any atom is -0.480 e. The van der Waals surface area contributed by atoms with Gasteiger partial charge < -0.3 is 10.8 Å². The van der Waals surface area contributed by atoms with E-state index in [9.17, 15) is 13.2 Å². The van der Waals surface area contributed by atoms with Crippen molar-refractivity contribution in [1.82, 2.24) is 0 Å². The fourth-order valence-electron chi connectivity index (χ4n) is 2.85. The standard InChI is InChI=1S/C18H22N2O4S/c1-11-8-12(2)17(13(3)9-11)25(23,24)20-15-6-4-14(5-7-15)10-16(19)18(21)22/h4-9,16,20H,10,19H2,1-3H3,(H,21,22)/t16-/m0/s1. The molecule has 0 amide bonds. The Bertz CT molecular complexity index is 867. The smallest absolute Gasteiger partial charge is 0.320 e. The highest BCUT2D eigenvalue weighted by molar-refractivity contribution is 7.92. The van der Waals surface area contributed by atoms with Crippen LogP contribution in [-0.4, -0.2) is 25.5 Å². The molecule has 134 valence electrons. The molecule has 0 saturated carbocycles. The number of nitrogens with one attached hydrogen (secondary N) is 1. The van der Waals surface area contributed by atoms with Crippen LogP contribution < -0.4 is 10.5 Å². The molecule has 0 aliphatic carbocycles. The van der Waals surface area contributed by atoms with Crippen molar-refractivity contribution < 1.29 is 18.3 Å². The molecule has 4 N–H and O–H groups in total. The number of benzene rings is 2. The molecule has 0 aliphatic heterocycles. The van der Waals surface area contributed by atoms with Gasteiger partial charge in [0.1, 0.15) is 6.04 Å². The van der Waals surface area contributed by atoms with Crippen LogP contribution in [0.3, 0.4) is 0 Å². The molecule has 0 heterocycles. The van der Waals surface area contributed by atoms with Gasteiger partial charge in [0.15, 0.2) is 0 Å². The van der Waals surface area contributed by atoms with E-state index in [1.54, 1.807) is 38.1 Å². The Kier molecular flexibility index (Phi) is 5.49. The van der Waals surface area contributed by atoms with Crippen LogP contribution in [0.4, 0.5) is 5.69 Å². The fraction of sp³-hybridized carbons (Fsp3) is 0.278. The van der Waals surface area contributed by atoms with Crippen molar-refractivity contribution in [2.45, 2.75) is 38.1 Å². The van der Waals surface area contributed by atoms with E-state index < -0.39 is 22.0 Å². The summed E-state index contributed by atoms with van der Waals surface area (Å²) in [6.45, 7) is 5.46. The topological polar surface area (TPSA) is 109 Å². The summed E-state index contributed by atoms with van der Waals surface area (Å²) in [5.74, 6) is -1.07. The highest BCUT2D eigenvalue weighted by Crippen LogP contribution is 2.24. The average molecular weight is 362 g/mol. The molecule has 0 aromatic heterocycles. The van der Waals surface area contributed by atoms with Gasteiger partial charge in [-0.2, -0.15) is 0 Å². The van der Waals surface area contributed by atoms with Gasteiger partial charge in [-0.3, -0.25) is 9.52 Å². The van der Waals surface area contributed by atoms with E-state index >= 15 is 0 Å². The van der Waals surface area contributed by atoms with Crippen molar-refractivity contribution in [2.24, 2.45) is 5.73 Å². The lowest BCUT2D eigenvalue weighted by Gasteiger charge is -2.14. The highest BCUT2D eigenvalue weighted by Gasteiger charge is 2.20. The predicted molar refractivity (Wildman–Crippen MR) is 97.2 cm³/mol. The predicted octanol–water partition coefficient (Wildman–Crippen LogP) is 2.37. The van der Waals surface area contributed by atoms with Crippen molar-refractivity contribution in [3.63, 3.8) is 0 Å². The van der Waals surface area contributed by atoms with Gasteiger partial charge in [0, 0.05) is 5.69 Å². The lowest BCUT2D eigenvalue weighted by molar-refractivity contribution is -0.138. The van der Waals surface area contributed by atoms with Gasteiger partial charge in [-0.1, -0.05) is 29.8 Å². The summed E-state index contributed by atoms with van der Waals surface area (Å²) < 4.78 is 28.0. The largest absolute Gasteiger partial charge is 0.480 e. The molecule has 0 fully saturated rings. The minimum absolute atomic E-state index is 0.179. The van der Waals surface area contributed by atoms with Gasteiger partial charge >= 0.3 is 5.97 Å². The third-order valence-corrected chi connectivity index (χ3v) is 5.54. The maximum atomic E-state index is 12.7. The molecular formula is C18H22N2O4S. The Morgan fingerprint density at radius 1 is 1.12 bits per heavy atom. The minimum atomic E-state index is -3.71. The van der Waals surface area contributed by atoms with Crippen LogP contribution in [0.1, 0.15) is 22.3 Å². The van der Waals surface area contributed by atoms with Crippen molar-refractivity contribution in [1.29, 1.82) is 0 Å². The number of rotatable bonds is 6. The third-order valence-electron chi connectivity index (χ3n) is 3.85. The van der Waals surface area contributed by atoms with E-state index in [4.69, 9.17) is 10.8 Å². The van der Waals surface area contributed by atoms with Gasteiger partial charge in [0.25, 0.3) is 10.0 Å². The first-order chi connectivity index (χ1) is 11.6. The molecule has 0 radical (unpaired) electrons. The molecule has 6 nitrogen and oxygen atoms in total. The van der Waals surface area contributed by atoms with Gasteiger partial charge in [-0.25, -0.2) is 8.42 Å². The molecule has 2 aromatic rings. The maximum Gasteiger partial charge on any atom is 0.320 e. The summed E-state index contributed by atoms with van der Waals surface area (Å²) in [4.78, 5) is 11.1. The maximum absolute atomic E-state index is 12.7. The van der Waals surface area contributed by atoms with Gasteiger partial charge in [0.05, 0.1) is 4.90 Å². The Balaban J connectivity index is 2.23. The zero-order valence-corrected chi connectivity index (χ0v) is 15.2. The number of aryl methyl sites for hydroxylation is 3. The first-order valence-electron chi connectivity index (χ1n) is 7.78. The Hall–Kier alpha value is -2.38. The second kappa shape index (κ2) is 7.25. The second-order valence-electron chi connectivity index (χ2n) is 6.18. The second-order valence-corrected chi connectivity index (χ2v) is 7.80. The van der Waals surface area contributed by atoms with Crippen molar-refractivity contribution in [3.05, 3.63) is 58.7 Å². The Morgan fingerprint density at radius 2 is 1.64 bits per heavy atom. The number of nitrogens with two attached hydrogens (primary N) is 1. The summed E-state index contributed by atoms with van der Waals surface area (Å²) in [7, 11) is -3.71. The molecule has 0 unspecified atom stereocenters. The number of hydrogen-bond acceptors (Lipinski definition) is 4. The van der Waals surface area contributed by atoms with Crippen molar-refractivity contribution in [3.8, 4) is 0 Å². The van der Waals surface area contributed by atoms with E-state index in [-0.39, 0.29) is 11.3 Å². The molecule has 0 saturated heterocycles. The summed E-state index contributed by atoms with van der Waals surface area (Å²) >= 11 is 0. The SMILES string of the molecule is Cc1cc(C)c(S(=O)(=O)Nc2ccc(C[C@H](N)C(=O)O)cc2)c(C)c1. The Morgan fingerprint density at radius 3 is 2.12 bits per heavy atom. The molecule has 7 heteroatoms. The lowest BCUT2D eigenvalue weighted by Crippen LogP contribution is -2.32. The van der Waals surface area contributed by atoms with Crippen LogP contribution in [0.5, 0.6) is 0 Å². The van der Waals surface area contributed by atoms with Crippen LogP contribution in [-0.2, 0) is 21.2 Å². The van der Waals surface area contributed by atoms with Crippen LogP contribution >= 0.6 is 0 Å². The lowest BCUT2D eigenvalue weighted by atomic mass is 10.1. The van der Waals surface area contributed by atoms with Gasteiger partial charge in [0.2, 0.25) is 0 Å². The van der Waals surface area contributed by atoms with Crippen LogP contribution in [0.15, 0.2) is 41.3 Å². The Labute approximate surface area is 147 Å². The normalized spacial score (nSPS) is 12.6. The number of carbonyl (C=O) groups is 1. The summed E-state index contributed by atoms with van der Waals surface area (Å²) in [6.07, 6.45) is 0.179. The zero-order chi connectivity index (χ0) is 18.8. The fourth-order valence-corrected chi connectivity index (χ4v) is 4.36. The van der Waals surface area contributed by atoms with Crippen LogP contribution in [0.2, 0.25) is 0 Å². The molecule has 25 heavy (non-hydrogen) atoms. The molecule has 2 aromatic carbocycles. The summed E-state index contributed by atoms with van der Waals surface area (Å²) in [5.41, 5.74) is 9.02. The number of carboxylic acid groups (broad SMARTS) is 1. The molecule has 0 spiro atoms. The van der Waals surface area contributed by atoms with E-state index in [2.05, 4.69) is 4.72 Å². The molecular weight excluding hydrogens is 340 g/mol. The van der Waals surface area contributed by atoms with Crippen molar-refractivity contribution >= 4 is 21.7 Å². The molecule has 1 atom stereocenters.